The minimum atomic E-state index is -4.65. The van der Waals surface area contributed by atoms with Crippen LogP contribution in [0.4, 0.5) is 15.5 Å². The van der Waals surface area contributed by atoms with E-state index in [0.29, 0.717) is 0 Å². The van der Waals surface area contributed by atoms with Crippen molar-refractivity contribution in [2.45, 2.75) is 6.42 Å². The molecule has 2 heterocycles. The van der Waals surface area contributed by atoms with Crippen LogP contribution in [0.1, 0.15) is 6.42 Å². The number of amides is 1. The Labute approximate surface area is 124 Å². The number of halogens is 3. The first kappa shape index (κ1) is 15.2. The zero-order valence-electron chi connectivity index (χ0n) is 9.88. The fourth-order valence-corrected chi connectivity index (χ4v) is 3.06. The second-order valence-electron chi connectivity index (χ2n) is 4.30. The summed E-state index contributed by atoms with van der Waals surface area (Å²) in [6.45, 7) is -0.0292. The van der Waals surface area contributed by atoms with Crippen LogP contribution in [0.5, 0.6) is 0 Å². The second kappa shape index (κ2) is 5.30. The summed E-state index contributed by atoms with van der Waals surface area (Å²) in [6.07, 6.45) is -0.119. The molecule has 1 aliphatic heterocycles. The highest BCUT2D eigenvalue weighted by atomic mass is 35.5. The van der Waals surface area contributed by atoms with Crippen molar-refractivity contribution < 1.29 is 17.1 Å². The van der Waals surface area contributed by atoms with Gasteiger partial charge in [-0.3, -0.25) is 9.69 Å². The number of carbonyl (C=O) groups excluding carboxylic acids is 1. The second-order valence-corrected chi connectivity index (χ2v) is 6.43. The summed E-state index contributed by atoms with van der Waals surface area (Å²) in [5.41, 5.74) is 5.45. The molecule has 0 radical (unpaired) electrons. The molecule has 0 saturated carbocycles. The van der Waals surface area contributed by atoms with Crippen LogP contribution in [0.3, 0.4) is 0 Å². The van der Waals surface area contributed by atoms with Crippen molar-refractivity contribution in [3.05, 3.63) is 10.3 Å². The lowest BCUT2D eigenvalue weighted by atomic mass is 10.1. The molecule has 7 nitrogen and oxygen atoms in total. The number of anilines is 2. The van der Waals surface area contributed by atoms with Crippen LogP contribution >= 0.6 is 23.2 Å². The van der Waals surface area contributed by atoms with Gasteiger partial charge in [0.1, 0.15) is 5.69 Å². The Kier molecular flexibility index (Phi) is 4.03. The van der Waals surface area contributed by atoms with Crippen LogP contribution in [0.15, 0.2) is 0 Å². The van der Waals surface area contributed by atoms with Gasteiger partial charge in [0.2, 0.25) is 11.9 Å². The number of carbonyl (C=O) groups is 1. The largest absolute Gasteiger partial charge is 0.394 e. The molecule has 1 unspecified atom stereocenters. The maximum atomic E-state index is 12.6. The lowest BCUT2D eigenvalue weighted by Crippen LogP contribution is -2.27. The van der Waals surface area contributed by atoms with Gasteiger partial charge in [0.05, 0.1) is 5.75 Å². The summed E-state index contributed by atoms with van der Waals surface area (Å²) in [4.78, 5) is 20.5. The molecular weight excluding hydrogens is 334 g/mol. The van der Waals surface area contributed by atoms with Crippen LogP contribution in [0.2, 0.25) is 10.3 Å². The number of hydrogen-bond acceptors (Lipinski definition) is 6. The predicted octanol–water partition coefficient (Wildman–Crippen LogP) is 1.02. The van der Waals surface area contributed by atoms with E-state index in [1.54, 1.807) is 0 Å². The number of nitrogen functional groups attached to an aromatic ring is 1. The minimum absolute atomic E-state index is 0.0217. The quantitative estimate of drug-likeness (QED) is 0.649. The highest BCUT2D eigenvalue weighted by molar-refractivity contribution is 7.86. The average Bonchev–Trinajstić information content (AvgIpc) is 2.63. The fourth-order valence-electron chi connectivity index (χ4n) is 1.89. The number of nitrogens with two attached hydrogens (primary N) is 1. The Hall–Kier alpha value is -1.19. The highest BCUT2D eigenvalue weighted by Gasteiger charge is 2.35. The van der Waals surface area contributed by atoms with Gasteiger partial charge in [0.15, 0.2) is 10.3 Å². The summed E-state index contributed by atoms with van der Waals surface area (Å²) in [5.74, 6) is -1.92. The molecule has 11 heteroatoms. The van der Waals surface area contributed by atoms with Crippen LogP contribution in [0, 0.1) is 5.92 Å². The minimum Gasteiger partial charge on any atom is -0.394 e. The monoisotopic (exact) mass is 342 g/mol. The van der Waals surface area contributed by atoms with E-state index in [1.165, 1.54) is 0 Å². The Bertz CT molecular complexity index is 646. The maximum absolute atomic E-state index is 12.6. The van der Waals surface area contributed by atoms with E-state index in [1.807, 2.05) is 0 Å². The summed E-state index contributed by atoms with van der Waals surface area (Å²) in [5, 5.41) is -0.233. The standard InChI is InChI=1S/C9H9Cl2FN4O3S/c10-7-6(13)8(11)15-9(14-7)16-2-4(1-5(16)17)3-20(12,18)19/h4H,1-3,13H2. The van der Waals surface area contributed by atoms with E-state index in [4.69, 9.17) is 28.9 Å². The molecule has 0 aromatic carbocycles. The lowest BCUT2D eigenvalue weighted by molar-refractivity contribution is -0.117. The molecule has 1 aromatic rings. The number of nitrogens with zero attached hydrogens (tertiary/aromatic N) is 3. The molecule has 0 aliphatic carbocycles. The molecule has 0 bridgehead atoms. The zero-order chi connectivity index (χ0) is 15.1. The Balaban J connectivity index is 2.24. The lowest BCUT2D eigenvalue weighted by Gasteiger charge is -2.15. The van der Waals surface area contributed by atoms with E-state index in [0.717, 1.165) is 4.90 Å². The molecule has 2 N–H and O–H groups in total. The Morgan fingerprint density at radius 1 is 1.35 bits per heavy atom. The van der Waals surface area contributed by atoms with Crippen molar-refractivity contribution in [2.24, 2.45) is 5.92 Å². The molecule has 1 aliphatic rings. The third-order valence-electron chi connectivity index (χ3n) is 2.72. The zero-order valence-corrected chi connectivity index (χ0v) is 12.2. The number of aromatic nitrogens is 2. The van der Waals surface area contributed by atoms with Gasteiger partial charge in [-0.2, -0.15) is 18.4 Å². The third kappa shape index (κ3) is 3.28. The molecule has 0 spiro atoms. The van der Waals surface area contributed by atoms with E-state index in [2.05, 4.69) is 9.97 Å². The first-order valence-corrected chi connectivity index (χ1v) is 7.69. The predicted molar refractivity (Wildman–Crippen MR) is 71.8 cm³/mol. The molecule has 110 valence electrons. The van der Waals surface area contributed by atoms with Crippen molar-refractivity contribution in [1.82, 2.24) is 9.97 Å². The van der Waals surface area contributed by atoms with E-state index >= 15 is 0 Å². The topological polar surface area (TPSA) is 106 Å². The van der Waals surface area contributed by atoms with Crippen molar-refractivity contribution in [2.75, 3.05) is 22.9 Å². The SMILES string of the molecule is Nc1c(Cl)nc(N2CC(CS(=O)(=O)F)CC2=O)nc1Cl. The summed E-state index contributed by atoms with van der Waals surface area (Å²) < 4.78 is 33.8. The van der Waals surface area contributed by atoms with Crippen LogP contribution < -0.4 is 10.6 Å². The molecule has 1 atom stereocenters. The van der Waals surface area contributed by atoms with Gasteiger partial charge in [-0.25, -0.2) is 0 Å². The molecule has 1 fully saturated rings. The van der Waals surface area contributed by atoms with Crippen molar-refractivity contribution >= 4 is 51.0 Å². The van der Waals surface area contributed by atoms with E-state index < -0.39 is 27.8 Å². The number of rotatable bonds is 3. The third-order valence-corrected chi connectivity index (χ3v) is 4.17. The van der Waals surface area contributed by atoms with Gasteiger partial charge >= 0.3 is 10.2 Å². The molecule has 1 aromatic heterocycles. The van der Waals surface area contributed by atoms with Crippen LogP contribution in [-0.4, -0.2) is 36.6 Å². The van der Waals surface area contributed by atoms with Gasteiger partial charge in [-0.15, -0.1) is 3.89 Å². The van der Waals surface area contributed by atoms with Gasteiger partial charge in [-0.05, 0) is 0 Å². The van der Waals surface area contributed by atoms with Crippen LogP contribution in [-0.2, 0) is 15.0 Å². The first-order chi connectivity index (χ1) is 9.17. The first-order valence-electron chi connectivity index (χ1n) is 5.38. The van der Waals surface area contributed by atoms with E-state index in [9.17, 15) is 17.1 Å². The maximum Gasteiger partial charge on any atom is 0.302 e. The molecule has 1 saturated heterocycles. The highest BCUT2D eigenvalue weighted by Crippen LogP contribution is 2.29. The van der Waals surface area contributed by atoms with Crippen molar-refractivity contribution in [3.63, 3.8) is 0 Å². The van der Waals surface area contributed by atoms with Gasteiger partial charge in [0.25, 0.3) is 0 Å². The number of hydrogen-bond donors (Lipinski definition) is 1. The van der Waals surface area contributed by atoms with E-state index in [-0.39, 0.29) is 34.9 Å². The normalized spacial score (nSPS) is 19.6. The summed E-state index contributed by atoms with van der Waals surface area (Å²) >= 11 is 11.5. The smallest absolute Gasteiger partial charge is 0.302 e. The van der Waals surface area contributed by atoms with Crippen LogP contribution in [0.25, 0.3) is 0 Å². The van der Waals surface area contributed by atoms with Crippen molar-refractivity contribution in [3.8, 4) is 0 Å². The van der Waals surface area contributed by atoms with Crippen molar-refractivity contribution in [1.29, 1.82) is 0 Å². The fraction of sp³-hybridized carbons (Fsp3) is 0.444. The van der Waals surface area contributed by atoms with Gasteiger partial charge in [0, 0.05) is 18.9 Å². The average molecular weight is 343 g/mol. The summed E-state index contributed by atoms with van der Waals surface area (Å²) in [6, 6.07) is 0. The Morgan fingerprint density at radius 3 is 2.40 bits per heavy atom. The van der Waals surface area contributed by atoms with Gasteiger partial charge in [-0.1, -0.05) is 23.2 Å². The summed E-state index contributed by atoms with van der Waals surface area (Å²) in [7, 11) is -4.65. The Morgan fingerprint density at radius 2 is 1.90 bits per heavy atom. The molecule has 1 amide bonds. The molecular formula is C9H9Cl2FN4O3S. The van der Waals surface area contributed by atoms with Gasteiger partial charge < -0.3 is 5.73 Å². The molecule has 20 heavy (non-hydrogen) atoms. The molecule has 2 rings (SSSR count).